The first-order valence-corrected chi connectivity index (χ1v) is 9.79. The first-order chi connectivity index (χ1) is 13.2. The Labute approximate surface area is 160 Å². The van der Waals surface area contributed by atoms with E-state index in [9.17, 15) is 4.79 Å². The van der Waals surface area contributed by atoms with Crippen molar-refractivity contribution in [3.63, 3.8) is 0 Å². The van der Waals surface area contributed by atoms with E-state index in [0.717, 1.165) is 34.6 Å². The number of para-hydroxylation sites is 2. The second-order valence-corrected chi connectivity index (χ2v) is 7.31. The minimum absolute atomic E-state index is 0.151. The van der Waals surface area contributed by atoms with Crippen LogP contribution in [0.4, 0.5) is 0 Å². The molecule has 0 saturated heterocycles. The second kappa shape index (κ2) is 7.40. The lowest BCUT2D eigenvalue weighted by atomic mass is 9.97. The fourth-order valence-corrected chi connectivity index (χ4v) is 3.80. The number of hydrogen-bond donors (Lipinski definition) is 0. The summed E-state index contributed by atoms with van der Waals surface area (Å²) in [4.78, 5) is 13.1. The lowest BCUT2D eigenvalue weighted by Gasteiger charge is -2.10. The molecule has 0 saturated carbocycles. The number of carbonyl (C=O) groups is 1. The summed E-state index contributed by atoms with van der Waals surface area (Å²) in [5, 5.41) is 2.28. The molecule has 0 spiro atoms. The van der Waals surface area contributed by atoms with Crippen molar-refractivity contribution in [1.82, 2.24) is 4.57 Å². The van der Waals surface area contributed by atoms with Crippen molar-refractivity contribution in [1.29, 1.82) is 0 Å². The minimum Gasteiger partial charge on any atom is -0.280 e. The number of fused-ring (bicyclic) bond motifs is 3. The summed E-state index contributed by atoms with van der Waals surface area (Å²) in [6, 6.07) is 25.1. The predicted molar refractivity (Wildman–Crippen MR) is 114 cm³/mol. The van der Waals surface area contributed by atoms with Gasteiger partial charge in [-0.2, -0.15) is 0 Å². The summed E-state index contributed by atoms with van der Waals surface area (Å²) < 4.78 is 1.89. The van der Waals surface area contributed by atoms with Crippen LogP contribution in [0.1, 0.15) is 48.5 Å². The molecule has 0 radical (unpaired) electrons. The van der Waals surface area contributed by atoms with Gasteiger partial charge in [0.15, 0.2) is 0 Å². The maximum absolute atomic E-state index is 13.1. The van der Waals surface area contributed by atoms with Crippen molar-refractivity contribution < 1.29 is 4.79 Å². The zero-order valence-electron chi connectivity index (χ0n) is 16.0. The molecule has 4 aromatic rings. The van der Waals surface area contributed by atoms with Crippen LogP contribution in [0, 0.1) is 0 Å². The smallest absolute Gasteiger partial charge is 0.231 e. The van der Waals surface area contributed by atoms with E-state index in [-0.39, 0.29) is 5.91 Å². The van der Waals surface area contributed by atoms with E-state index in [1.54, 1.807) is 0 Å². The summed E-state index contributed by atoms with van der Waals surface area (Å²) in [6.07, 6.45) is 2.41. The molecule has 27 heavy (non-hydrogen) atoms. The van der Waals surface area contributed by atoms with Crippen LogP contribution < -0.4 is 0 Å². The first-order valence-electron chi connectivity index (χ1n) is 9.79. The van der Waals surface area contributed by atoms with Crippen LogP contribution in [-0.4, -0.2) is 10.5 Å². The number of benzene rings is 3. The largest absolute Gasteiger partial charge is 0.280 e. The number of rotatable bonds is 5. The molecule has 1 atom stereocenters. The van der Waals surface area contributed by atoms with Gasteiger partial charge in [0.2, 0.25) is 5.91 Å². The van der Waals surface area contributed by atoms with Gasteiger partial charge in [0.05, 0.1) is 11.0 Å². The van der Waals surface area contributed by atoms with E-state index in [2.05, 4.69) is 50.2 Å². The van der Waals surface area contributed by atoms with E-state index in [0.29, 0.717) is 12.3 Å². The lowest BCUT2D eigenvalue weighted by molar-refractivity contribution is 0.0913. The van der Waals surface area contributed by atoms with Crippen molar-refractivity contribution >= 4 is 27.7 Å². The molecule has 0 aliphatic heterocycles. The van der Waals surface area contributed by atoms with Crippen molar-refractivity contribution in [2.45, 2.75) is 39.0 Å². The Morgan fingerprint density at radius 2 is 1.41 bits per heavy atom. The first kappa shape index (κ1) is 17.5. The van der Waals surface area contributed by atoms with Crippen molar-refractivity contribution in [3.05, 3.63) is 83.9 Å². The standard InChI is InChI=1S/C25H25NO/c1-3-18(2)20-15-12-19(13-16-20)14-17-25(27)26-23-10-6-4-8-21(23)22-9-5-7-11-24(22)26/h4-13,15-16,18H,3,14,17H2,1-2H3. The summed E-state index contributed by atoms with van der Waals surface area (Å²) in [6.45, 7) is 4.46. The molecule has 0 N–H and O–H groups in total. The van der Waals surface area contributed by atoms with Crippen molar-refractivity contribution in [2.24, 2.45) is 0 Å². The number of aromatic nitrogens is 1. The Kier molecular flexibility index (Phi) is 4.81. The van der Waals surface area contributed by atoms with Crippen LogP contribution in [0.25, 0.3) is 21.8 Å². The lowest BCUT2D eigenvalue weighted by Crippen LogP contribution is -2.11. The minimum atomic E-state index is 0.151. The molecule has 0 aliphatic rings. The van der Waals surface area contributed by atoms with Crippen LogP contribution in [0.5, 0.6) is 0 Å². The Hall–Kier alpha value is -2.87. The van der Waals surface area contributed by atoms with Crippen LogP contribution in [0.2, 0.25) is 0 Å². The quantitative estimate of drug-likeness (QED) is 0.396. The Morgan fingerprint density at radius 1 is 0.852 bits per heavy atom. The third kappa shape index (κ3) is 3.28. The van der Waals surface area contributed by atoms with E-state index in [1.165, 1.54) is 11.1 Å². The van der Waals surface area contributed by atoms with Gasteiger partial charge in [0.1, 0.15) is 0 Å². The van der Waals surface area contributed by atoms with Gasteiger partial charge in [-0.1, -0.05) is 74.5 Å². The van der Waals surface area contributed by atoms with E-state index >= 15 is 0 Å². The van der Waals surface area contributed by atoms with Gasteiger partial charge >= 0.3 is 0 Å². The summed E-state index contributed by atoms with van der Waals surface area (Å²) in [7, 11) is 0. The molecule has 0 fully saturated rings. The van der Waals surface area contributed by atoms with Crippen LogP contribution in [0.15, 0.2) is 72.8 Å². The van der Waals surface area contributed by atoms with Crippen LogP contribution >= 0.6 is 0 Å². The molecular formula is C25H25NO. The maximum atomic E-state index is 13.1. The average molecular weight is 355 g/mol. The third-order valence-corrected chi connectivity index (χ3v) is 5.62. The van der Waals surface area contributed by atoms with Crippen molar-refractivity contribution in [3.8, 4) is 0 Å². The molecule has 1 aromatic heterocycles. The van der Waals surface area contributed by atoms with E-state index < -0.39 is 0 Å². The second-order valence-electron chi connectivity index (χ2n) is 7.31. The Bertz CT molecular complexity index is 1040. The highest BCUT2D eigenvalue weighted by Crippen LogP contribution is 2.29. The Balaban J connectivity index is 1.60. The van der Waals surface area contributed by atoms with Gasteiger partial charge in [0, 0.05) is 17.2 Å². The van der Waals surface area contributed by atoms with Crippen LogP contribution in [-0.2, 0) is 6.42 Å². The maximum Gasteiger partial charge on any atom is 0.231 e. The fraction of sp³-hybridized carbons (Fsp3) is 0.240. The fourth-order valence-electron chi connectivity index (χ4n) is 3.80. The molecule has 0 aliphatic carbocycles. The molecule has 1 heterocycles. The highest BCUT2D eigenvalue weighted by Gasteiger charge is 2.15. The van der Waals surface area contributed by atoms with Crippen molar-refractivity contribution in [2.75, 3.05) is 0 Å². The monoisotopic (exact) mass is 355 g/mol. The molecule has 0 bridgehead atoms. The molecular weight excluding hydrogens is 330 g/mol. The van der Waals surface area contributed by atoms with Gasteiger partial charge in [-0.05, 0) is 42.0 Å². The molecule has 2 heteroatoms. The van der Waals surface area contributed by atoms with Gasteiger partial charge < -0.3 is 0 Å². The molecule has 136 valence electrons. The molecule has 2 nitrogen and oxygen atoms in total. The third-order valence-electron chi connectivity index (χ3n) is 5.62. The highest BCUT2D eigenvalue weighted by atomic mass is 16.2. The highest BCUT2D eigenvalue weighted by molar-refractivity contribution is 6.13. The SMILES string of the molecule is CCC(C)c1ccc(CCC(=O)n2c3ccccc3c3ccccc32)cc1. The van der Waals surface area contributed by atoms with Gasteiger partial charge in [-0.3, -0.25) is 9.36 Å². The Morgan fingerprint density at radius 3 is 1.96 bits per heavy atom. The van der Waals surface area contributed by atoms with Gasteiger partial charge in [-0.15, -0.1) is 0 Å². The zero-order valence-corrected chi connectivity index (χ0v) is 16.0. The summed E-state index contributed by atoms with van der Waals surface area (Å²) >= 11 is 0. The van der Waals surface area contributed by atoms with Gasteiger partial charge in [0.25, 0.3) is 0 Å². The normalized spacial score (nSPS) is 12.5. The molecule has 0 amide bonds. The van der Waals surface area contributed by atoms with E-state index in [4.69, 9.17) is 0 Å². The summed E-state index contributed by atoms with van der Waals surface area (Å²) in [5.41, 5.74) is 4.58. The molecule has 4 rings (SSSR count). The summed E-state index contributed by atoms with van der Waals surface area (Å²) in [5.74, 6) is 0.733. The number of nitrogens with zero attached hydrogens (tertiary/aromatic N) is 1. The molecule has 3 aromatic carbocycles. The average Bonchev–Trinajstić information content (AvgIpc) is 3.06. The number of hydrogen-bond acceptors (Lipinski definition) is 1. The van der Waals surface area contributed by atoms with E-state index in [1.807, 2.05) is 41.0 Å². The topological polar surface area (TPSA) is 22.0 Å². The number of carbonyl (C=O) groups excluding carboxylic acids is 1. The number of aryl methyl sites for hydroxylation is 1. The van der Waals surface area contributed by atoms with Crippen LogP contribution in [0.3, 0.4) is 0 Å². The molecule has 1 unspecified atom stereocenters. The van der Waals surface area contributed by atoms with Gasteiger partial charge in [-0.25, -0.2) is 0 Å². The predicted octanol–water partition coefficient (Wildman–Crippen LogP) is 6.58. The zero-order chi connectivity index (χ0) is 18.8.